The molecule has 3 aromatic carbocycles. The molecule has 1 saturated heterocycles. The Morgan fingerprint density at radius 2 is 1.73 bits per heavy atom. The quantitative estimate of drug-likeness (QED) is 0.321. The molecule has 0 unspecified atom stereocenters. The SMILES string of the molecule is Nc1ccc(-c2ccccc2)cc1NC(=O)c1ccc2c(c1)cc(CC1CC1)n2CCN1CCOCC1. The monoisotopic (exact) mass is 494 g/mol. The van der Waals surface area contributed by atoms with Crippen LogP contribution in [0.15, 0.2) is 72.8 Å². The first-order chi connectivity index (χ1) is 18.1. The molecule has 2 heterocycles. The lowest BCUT2D eigenvalue weighted by Gasteiger charge is -2.27. The molecular weight excluding hydrogens is 460 g/mol. The number of hydrogen-bond acceptors (Lipinski definition) is 4. The van der Waals surface area contributed by atoms with E-state index >= 15 is 0 Å². The van der Waals surface area contributed by atoms with Crippen molar-refractivity contribution in [3.05, 3.63) is 84.1 Å². The van der Waals surface area contributed by atoms with E-state index in [2.05, 4.69) is 26.9 Å². The normalized spacial score (nSPS) is 16.2. The van der Waals surface area contributed by atoms with E-state index < -0.39 is 0 Å². The number of benzene rings is 3. The molecule has 6 heteroatoms. The summed E-state index contributed by atoms with van der Waals surface area (Å²) in [5.41, 5.74) is 12.7. The second-order valence-corrected chi connectivity index (χ2v) is 10.3. The van der Waals surface area contributed by atoms with Crippen LogP contribution >= 0.6 is 0 Å². The van der Waals surface area contributed by atoms with Crippen LogP contribution < -0.4 is 11.1 Å². The van der Waals surface area contributed by atoms with Crippen LogP contribution in [0, 0.1) is 5.92 Å². The molecule has 1 aromatic heterocycles. The van der Waals surface area contributed by atoms with Crippen molar-refractivity contribution in [2.24, 2.45) is 5.92 Å². The standard InChI is InChI=1S/C31H34N4O2/c32-28-10-8-24(23-4-2-1-3-5-23)21-29(28)33-31(36)25-9-11-30-26(19-25)20-27(18-22-6-7-22)35(30)13-12-34-14-16-37-17-15-34/h1-5,8-11,19-22H,6-7,12-18,32H2,(H,33,36). The molecular formula is C31H34N4O2. The zero-order valence-electron chi connectivity index (χ0n) is 21.2. The highest BCUT2D eigenvalue weighted by Crippen LogP contribution is 2.35. The van der Waals surface area contributed by atoms with E-state index in [1.807, 2.05) is 60.7 Å². The molecule has 190 valence electrons. The maximum absolute atomic E-state index is 13.3. The molecule has 0 bridgehead atoms. The van der Waals surface area contributed by atoms with E-state index in [0.717, 1.165) is 68.2 Å². The first kappa shape index (κ1) is 23.8. The molecule has 4 aromatic rings. The van der Waals surface area contributed by atoms with E-state index in [-0.39, 0.29) is 5.91 Å². The zero-order valence-corrected chi connectivity index (χ0v) is 21.2. The summed E-state index contributed by atoms with van der Waals surface area (Å²) in [5, 5.41) is 4.17. The minimum Gasteiger partial charge on any atom is -0.397 e. The smallest absolute Gasteiger partial charge is 0.255 e. The van der Waals surface area contributed by atoms with E-state index in [0.29, 0.717) is 16.9 Å². The molecule has 2 aliphatic rings. The number of amides is 1. The Morgan fingerprint density at radius 1 is 0.919 bits per heavy atom. The van der Waals surface area contributed by atoms with Gasteiger partial charge in [0.05, 0.1) is 24.6 Å². The number of ether oxygens (including phenoxy) is 1. The second-order valence-electron chi connectivity index (χ2n) is 10.3. The van der Waals surface area contributed by atoms with Gasteiger partial charge >= 0.3 is 0 Å². The number of anilines is 2. The summed E-state index contributed by atoms with van der Waals surface area (Å²) in [7, 11) is 0. The van der Waals surface area contributed by atoms with Crippen LogP contribution in [0.4, 0.5) is 11.4 Å². The Kier molecular flexibility index (Phi) is 6.68. The fourth-order valence-electron chi connectivity index (χ4n) is 5.26. The van der Waals surface area contributed by atoms with E-state index in [9.17, 15) is 4.79 Å². The Bertz CT molecular complexity index is 1400. The fraction of sp³-hybridized carbons (Fsp3) is 0.323. The molecule has 1 amide bonds. The molecule has 6 rings (SSSR count). The molecule has 2 fully saturated rings. The molecule has 0 atom stereocenters. The number of carbonyl (C=O) groups excluding carboxylic acids is 1. The second kappa shape index (κ2) is 10.4. The summed E-state index contributed by atoms with van der Waals surface area (Å²) in [4.78, 5) is 15.8. The number of nitrogens with one attached hydrogen (secondary N) is 1. The molecule has 1 aliphatic heterocycles. The first-order valence-electron chi connectivity index (χ1n) is 13.3. The summed E-state index contributed by atoms with van der Waals surface area (Å²) in [6.07, 6.45) is 3.76. The van der Waals surface area contributed by atoms with Crippen LogP contribution in [0.3, 0.4) is 0 Å². The number of carbonyl (C=O) groups is 1. The molecule has 1 aliphatic carbocycles. The van der Waals surface area contributed by atoms with Crippen LogP contribution in [0.5, 0.6) is 0 Å². The maximum atomic E-state index is 13.3. The van der Waals surface area contributed by atoms with Gasteiger partial charge in [-0.15, -0.1) is 0 Å². The summed E-state index contributed by atoms with van der Waals surface area (Å²) < 4.78 is 7.98. The van der Waals surface area contributed by atoms with Crippen molar-refractivity contribution in [3.8, 4) is 11.1 Å². The lowest BCUT2D eigenvalue weighted by Crippen LogP contribution is -2.38. The van der Waals surface area contributed by atoms with Gasteiger partial charge in [-0.25, -0.2) is 0 Å². The number of fused-ring (bicyclic) bond motifs is 1. The highest BCUT2D eigenvalue weighted by molar-refractivity contribution is 6.08. The molecule has 0 radical (unpaired) electrons. The van der Waals surface area contributed by atoms with Gasteiger partial charge in [0.2, 0.25) is 0 Å². The highest BCUT2D eigenvalue weighted by atomic mass is 16.5. The van der Waals surface area contributed by atoms with Crippen LogP contribution in [0.25, 0.3) is 22.0 Å². The van der Waals surface area contributed by atoms with E-state index in [1.54, 1.807) is 0 Å². The number of nitrogens with zero attached hydrogens (tertiary/aromatic N) is 2. The van der Waals surface area contributed by atoms with Crippen molar-refractivity contribution in [1.29, 1.82) is 0 Å². The van der Waals surface area contributed by atoms with Crippen molar-refractivity contribution >= 4 is 28.2 Å². The largest absolute Gasteiger partial charge is 0.397 e. The number of aromatic nitrogens is 1. The summed E-state index contributed by atoms with van der Waals surface area (Å²) in [5.74, 6) is 0.651. The third kappa shape index (κ3) is 5.41. The van der Waals surface area contributed by atoms with Gasteiger partial charge in [-0.3, -0.25) is 9.69 Å². The number of hydrogen-bond donors (Lipinski definition) is 2. The van der Waals surface area contributed by atoms with Gasteiger partial charge in [-0.05, 0) is 72.7 Å². The molecule has 37 heavy (non-hydrogen) atoms. The van der Waals surface area contributed by atoms with Crippen molar-refractivity contribution in [2.75, 3.05) is 43.9 Å². The third-order valence-corrected chi connectivity index (χ3v) is 7.60. The van der Waals surface area contributed by atoms with E-state index in [4.69, 9.17) is 10.5 Å². The van der Waals surface area contributed by atoms with Gasteiger partial charge < -0.3 is 20.4 Å². The van der Waals surface area contributed by atoms with Gasteiger partial charge in [0.15, 0.2) is 0 Å². The van der Waals surface area contributed by atoms with Gasteiger partial charge in [0.25, 0.3) is 5.91 Å². The first-order valence-corrected chi connectivity index (χ1v) is 13.3. The van der Waals surface area contributed by atoms with Crippen LogP contribution in [0.2, 0.25) is 0 Å². The molecule has 6 nitrogen and oxygen atoms in total. The van der Waals surface area contributed by atoms with Gasteiger partial charge in [-0.1, -0.05) is 36.4 Å². The van der Waals surface area contributed by atoms with Crippen LogP contribution in [-0.2, 0) is 17.7 Å². The summed E-state index contributed by atoms with van der Waals surface area (Å²) in [6.45, 7) is 5.60. The number of nitrogen functional groups attached to an aromatic ring is 1. The van der Waals surface area contributed by atoms with E-state index in [1.165, 1.54) is 24.1 Å². The Hall–Kier alpha value is -3.61. The molecule has 1 saturated carbocycles. The molecule has 3 N–H and O–H groups in total. The molecule has 0 spiro atoms. The Labute approximate surface area is 218 Å². The van der Waals surface area contributed by atoms with Gasteiger partial charge in [0.1, 0.15) is 0 Å². The minimum absolute atomic E-state index is 0.149. The predicted molar refractivity (Wildman–Crippen MR) is 150 cm³/mol. The Balaban J connectivity index is 1.24. The maximum Gasteiger partial charge on any atom is 0.255 e. The highest BCUT2D eigenvalue weighted by Gasteiger charge is 2.24. The zero-order chi connectivity index (χ0) is 25.2. The van der Waals surface area contributed by atoms with Crippen molar-refractivity contribution in [3.63, 3.8) is 0 Å². The number of rotatable bonds is 8. The average molecular weight is 495 g/mol. The van der Waals surface area contributed by atoms with Crippen molar-refractivity contribution in [2.45, 2.75) is 25.8 Å². The van der Waals surface area contributed by atoms with Crippen molar-refractivity contribution in [1.82, 2.24) is 9.47 Å². The van der Waals surface area contributed by atoms with Crippen LogP contribution in [-0.4, -0.2) is 48.2 Å². The summed E-state index contributed by atoms with van der Waals surface area (Å²) >= 11 is 0. The van der Waals surface area contributed by atoms with Gasteiger partial charge in [-0.2, -0.15) is 0 Å². The lowest BCUT2D eigenvalue weighted by atomic mass is 10.0. The number of nitrogens with two attached hydrogens (primary N) is 1. The topological polar surface area (TPSA) is 72.5 Å². The van der Waals surface area contributed by atoms with Gasteiger partial charge in [0, 0.05) is 48.3 Å². The predicted octanol–water partition coefficient (Wildman–Crippen LogP) is 5.43. The number of morpholine rings is 1. The fourth-order valence-corrected chi connectivity index (χ4v) is 5.26. The third-order valence-electron chi connectivity index (χ3n) is 7.60. The summed E-state index contributed by atoms with van der Waals surface area (Å²) in [6, 6.07) is 24.2. The Morgan fingerprint density at radius 3 is 2.51 bits per heavy atom. The average Bonchev–Trinajstić information content (AvgIpc) is 3.69. The van der Waals surface area contributed by atoms with Crippen LogP contribution in [0.1, 0.15) is 28.9 Å². The van der Waals surface area contributed by atoms with Crippen molar-refractivity contribution < 1.29 is 9.53 Å². The lowest BCUT2D eigenvalue weighted by molar-refractivity contribution is 0.0364. The minimum atomic E-state index is -0.149.